The first-order valence-corrected chi connectivity index (χ1v) is 17.8. The van der Waals surface area contributed by atoms with Crippen molar-refractivity contribution in [3.05, 3.63) is 70.4 Å². The SMILES string of the molecule is BrCCCOCCc1ccc2sccc2c1.CC(C)(C)C(=O)OC1CN(CCCOCCc2ccc3sccc3c2)C1. The molecule has 1 aliphatic heterocycles. The first-order valence-electron chi connectivity index (χ1n) is 14.9. The lowest BCUT2D eigenvalue weighted by Crippen LogP contribution is -2.53. The van der Waals surface area contributed by atoms with Crippen molar-refractivity contribution in [3.63, 3.8) is 0 Å². The summed E-state index contributed by atoms with van der Waals surface area (Å²) in [5.74, 6) is -0.105. The van der Waals surface area contributed by atoms with Gasteiger partial charge in [0.15, 0.2) is 0 Å². The van der Waals surface area contributed by atoms with Gasteiger partial charge in [0.2, 0.25) is 0 Å². The quantitative estimate of drug-likeness (QED) is 0.0765. The fraction of sp³-hybridized carbons (Fsp3) is 0.500. The van der Waals surface area contributed by atoms with Crippen LogP contribution in [0.25, 0.3) is 20.2 Å². The molecule has 5 nitrogen and oxygen atoms in total. The molecule has 0 radical (unpaired) electrons. The van der Waals surface area contributed by atoms with Crippen LogP contribution in [-0.2, 0) is 31.8 Å². The zero-order valence-corrected chi connectivity index (χ0v) is 28.3. The lowest BCUT2D eigenvalue weighted by atomic mass is 9.97. The number of benzene rings is 2. The number of rotatable bonds is 14. The van der Waals surface area contributed by atoms with Crippen LogP contribution < -0.4 is 0 Å². The number of halogens is 1. The number of hydrogen-bond acceptors (Lipinski definition) is 7. The molecule has 0 amide bonds. The number of hydrogen-bond donors (Lipinski definition) is 0. The number of alkyl halides is 1. The third-order valence-electron chi connectivity index (χ3n) is 7.10. The third kappa shape index (κ3) is 10.7. The molecule has 2 aromatic heterocycles. The van der Waals surface area contributed by atoms with Gasteiger partial charge in [-0.3, -0.25) is 9.69 Å². The van der Waals surface area contributed by atoms with Crippen LogP contribution in [0, 0.1) is 5.41 Å². The van der Waals surface area contributed by atoms with Crippen LogP contribution in [0.2, 0.25) is 0 Å². The van der Waals surface area contributed by atoms with Crippen molar-refractivity contribution in [1.29, 1.82) is 0 Å². The Labute approximate surface area is 267 Å². The van der Waals surface area contributed by atoms with Crippen molar-refractivity contribution in [3.8, 4) is 0 Å². The summed E-state index contributed by atoms with van der Waals surface area (Å²) in [7, 11) is 0. The van der Waals surface area contributed by atoms with Crippen molar-refractivity contribution in [2.24, 2.45) is 5.41 Å². The normalized spacial score (nSPS) is 14.1. The summed E-state index contributed by atoms with van der Waals surface area (Å²) in [5.41, 5.74) is 2.29. The van der Waals surface area contributed by atoms with Gasteiger partial charge in [-0.25, -0.2) is 0 Å². The number of ether oxygens (including phenoxy) is 3. The molecule has 42 heavy (non-hydrogen) atoms. The summed E-state index contributed by atoms with van der Waals surface area (Å²) < 4.78 is 19.5. The maximum Gasteiger partial charge on any atom is 0.311 e. The molecule has 0 spiro atoms. The summed E-state index contributed by atoms with van der Waals surface area (Å²) in [6.07, 6.45) is 4.14. The van der Waals surface area contributed by atoms with Gasteiger partial charge < -0.3 is 14.2 Å². The zero-order chi connectivity index (χ0) is 29.8. The average molecular weight is 675 g/mol. The molecule has 1 fully saturated rings. The van der Waals surface area contributed by atoms with E-state index in [2.05, 4.69) is 80.1 Å². The minimum atomic E-state index is -0.414. The van der Waals surface area contributed by atoms with Crippen molar-refractivity contribution in [2.45, 2.75) is 52.6 Å². The maximum atomic E-state index is 11.8. The van der Waals surface area contributed by atoms with Crippen molar-refractivity contribution in [1.82, 2.24) is 4.90 Å². The highest BCUT2D eigenvalue weighted by Gasteiger charge is 2.33. The van der Waals surface area contributed by atoms with Crippen LogP contribution >= 0.6 is 38.6 Å². The molecule has 0 unspecified atom stereocenters. The number of fused-ring (bicyclic) bond motifs is 2. The van der Waals surface area contributed by atoms with E-state index in [9.17, 15) is 4.79 Å². The Morgan fingerprint density at radius 3 is 1.90 bits per heavy atom. The molecule has 0 N–H and O–H groups in total. The Kier molecular flexibility index (Phi) is 13.3. The van der Waals surface area contributed by atoms with Gasteiger partial charge in [-0.15, -0.1) is 22.7 Å². The molecule has 0 bridgehead atoms. The fourth-order valence-electron chi connectivity index (χ4n) is 4.58. The minimum Gasteiger partial charge on any atom is -0.459 e. The topological polar surface area (TPSA) is 48.0 Å². The number of esters is 1. The second kappa shape index (κ2) is 16.9. The predicted octanol–water partition coefficient (Wildman–Crippen LogP) is 8.37. The molecule has 5 rings (SSSR count). The molecule has 1 aliphatic rings. The molecule has 3 heterocycles. The molecule has 1 saturated heterocycles. The van der Waals surface area contributed by atoms with Gasteiger partial charge in [-0.1, -0.05) is 40.2 Å². The van der Waals surface area contributed by atoms with E-state index in [1.54, 1.807) is 22.7 Å². The van der Waals surface area contributed by atoms with Crippen molar-refractivity contribution >= 4 is 64.7 Å². The monoisotopic (exact) mass is 673 g/mol. The largest absolute Gasteiger partial charge is 0.459 e. The Hall–Kier alpha value is -1.81. The van der Waals surface area contributed by atoms with Crippen molar-refractivity contribution < 1.29 is 19.0 Å². The second-order valence-corrected chi connectivity index (χ2v) is 14.4. The van der Waals surface area contributed by atoms with Crippen LogP contribution in [0.4, 0.5) is 0 Å². The van der Waals surface area contributed by atoms with Gasteiger partial charge >= 0.3 is 5.97 Å². The molecular weight excluding hydrogens is 630 g/mol. The standard InChI is InChI=1S/C21H29NO3S.C13H15BrOS/c1-21(2,3)20(23)25-18-14-22(15-18)9-4-10-24-11-7-16-5-6-19-17(13-16)8-12-26-19;14-6-1-7-15-8-4-11-2-3-13-12(10-11)5-9-16-13/h5-6,8,12-13,18H,4,7,9-11,14-15H2,1-3H3;2-3,5,9-10H,1,4,6-8H2. The lowest BCUT2D eigenvalue weighted by molar-refractivity contribution is -0.167. The summed E-state index contributed by atoms with van der Waals surface area (Å²) in [6, 6.07) is 17.7. The highest BCUT2D eigenvalue weighted by atomic mass is 79.9. The molecular formula is C34H44BrNO4S2. The molecule has 8 heteroatoms. The van der Waals surface area contributed by atoms with Crippen LogP contribution in [0.15, 0.2) is 59.3 Å². The van der Waals surface area contributed by atoms with E-state index in [0.29, 0.717) is 0 Å². The van der Waals surface area contributed by atoms with Gasteiger partial charge in [0.1, 0.15) is 6.10 Å². The van der Waals surface area contributed by atoms with E-state index in [4.69, 9.17) is 14.2 Å². The summed E-state index contributed by atoms with van der Waals surface area (Å²) in [5, 5.41) is 7.97. The summed E-state index contributed by atoms with van der Waals surface area (Å²) in [6.45, 7) is 11.6. The van der Waals surface area contributed by atoms with Gasteiger partial charge in [-0.05, 0) is 103 Å². The Bertz CT molecular complexity index is 1370. The van der Waals surface area contributed by atoms with Crippen LogP contribution in [0.3, 0.4) is 0 Å². The fourth-order valence-corrected chi connectivity index (χ4v) is 6.35. The van der Waals surface area contributed by atoms with E-state index < -0.39 is 5.41 Å². The molecule has 4 aromatic rings. The molecule has 0 aliphatic carbocycles. The van der Waals surface area contributed by atoms with Crippen LogP contribution in [0.1, 0.15) is 44.7 Å². The molecule has 228 valence electrons. The number of carbonyl (C=O) groups is 1. The number of carbonyl (C=O) groups excluding carboxylic acids is 1. The van der Waals surface area contributed by atoms with E-state index in [-0.39, 0.29) is 12.1 Å². The van der Waals surface area contributed by atoms with E-state index in [1.165, 1.54) is 31.3 Å². The number of thiophene rings is 2. The Balaban J connectivity index is 0.000000216. The zero-order valence-electron chi connectivity index (χ0n) is 25.1. The smallest absolute Gasteiger partial charge is 0.311 e. The van der Waals surface area contributed by atoms with Gasteiger partial charge in [0.05, 0.1) is 18.6 Å². The molecule has 0 saturated carbocycles. The summed E-state index contributed by atoms with van der Waals surface area (Å²) in [4.78, 5) is 14.1. The summed E-state index contributed by atoms with van der Waals surface area (Å²) >= 11 is 6.97. The van der Waals surface area contributed by atoms with E-state index >= 15 is 0 Å². The average Bonchev–Trinajstić information content (AvgIpc) is 3.61. The van der Waals surface area contributed by atoms with Crippen LogP contribution in [-0.4, -0.2) is 68.4 Å². The van der Waals surface area contributed by atoms with Crippen molar-refractivity contribution in [2.75, 3.05) is 51.4 Å². The first-order chi connectivity index (χ1) is 20.3. The van der Waals surface area contributed by atoms with E-state index in [1.807, 2.05) is 20.8 Å². The van der Waals surface area contributed by atoms with Gasteiger partial charge in [0.25, 0.3) is 0 Å². The Morgan fingerprint density at radius 1 is 0.833 bits per heavy atom. The van der Waals surface area contributed by atoms with Gasteiger partial charge in [-0.2, -0.15) is 0 Å². The first kappa shape index (κ1) is 33.1. The third-order valence-corrected chi connectivity index (χ3v) is 9.46. The number of likely N-dealkylation sites (tertiary alicyclic amines) is 1. The maximum absolute atomic E-state index is 11.8. The lowest BCUT2D eigenvalue weighted by Gasteiger charge is -2.39. The highest BCUT2D eigenvalue weighted by molar-refractivity contribution is 9.09. The van der Waals surface area contributed by atoms with Gasteiger partial charge in [0, 0.05) is 47.6 Å². The highest BCUT2D eigenvalue weighted by Crippen LogP contribution is 2.23. The predicted molar refractivity (Wildman–Crippen MR) is 181 cm³/mol. The van der Waals surface area contributed by atoms with E-state index in [0.717, 1.165) is 77.1 Å². The minimum absolute atomic E-state index is 0.0645. The number of nitrogens with zero attached hydrogens (tertiary/aromatic N) is 1. The second-order valence-electron chi connectivity index (χ2n) is 11.7. The molecule has 0 atom stereocenters. The Morgan fingerprint density at radius 2 is 1.38 bits per heavy atom. The molecule has 2 aromatic carbocycles. The van der Waals surface area contributed by atoms with Crippen LogP contribution in [0.5, 0.6) is 0 Å².